The molecule has 0 aromatic heterocycles. The normalized spacial score (nSPS) is 10.1. The van der Waals surface area contributed by atoms with E-state index < -0.39 is 0 Å². The highest BCUT2D eigenvalue weighted by molar-refractivity contribution is 5.66. The predicted molar refractivity (Wildman–Crippen MR) is 63.8 cm³/mol. The maximum Gasteiger partial charge on any atom is 0.161 e. The molecular weight excluding hydrogens is 219 g/mol. The molecule has 0 aliphatic heterocycles. The molecule has 0 fully saturated rings. The lowest BCUT2D eigenvalue weighted by Crippen LogP contribution is -1.91. The fourth-order valence-corrected chi connectivity index (χ4v) is 1.61. The Bertz CT molecular complexity index is 523. The fraction of sp³-hybridized carbons (Fsp3) is 0.143. The van der Waals surface area contributed by atoms with Crippen LogP contribution in [0, 0.1) is 11.9 Å². The van der Waals surface area contributed by atoms with Gasteiger partial charge in [-0.1, -0.05) is 18.2 Å². The zero-order chi connectivity index (χ0) is 12.3. The maximum atomic E-state index is 13.1. The molecular formula is C14H12FO2. The van der Waals surface area contributed by atoms with Gasteiger partial charge in [-0.05, 0) is 29.3 Å². The second-order valence-corrected chi connectivity index (χ2v) is 3.48. The number of hydrogen-bond donors (Lipinski definition) is 0. The van der Waals surface area contributed by atoms with Crippen molar-refractivity contribution in [2.75, 3.05) is 14.2 Å². The first-order valence-corrected chi connectivity index (χ1v) is 5.15. The van der Waals surface area contributed by atoms with Crippen LogP contribution in [-0.4, -0.2) is 14.2 Å². The Morgan fingerprint density at radius 2 is 1.76 bits per heavy atom. The first-order chi connectivity index (χ1) is 8.24. The van der Waals surface area contributed by atoms with Crippen molar-refractivity contribution in [3.63, 3.8) is 0 Å². The van der Waals surface area contributed by atoms with Crippen LogP contribution < -0.4 is 9.47 Å². The van der Waals surface area contributed by atoms with Crippen molar-refractivity contribution in [3.05, 3.63) is 48.3 Å². The number of methoxy groups -OCH3 is 2. The van der Waals surface area contributed by atoms with Crippen molar-refractivity contribution in [2.45, 2.75) is 0 Å². The van der Waals surface area contributed by atoms with Crippen molar-refractivity contribution in [1.29, 1.82) is 0 Å². The summed E-state index contributed by atoms with van der Waals surface area (Å²) in [5.41, 5.74) is 1.52. The molecule has 0 aliphatic rings. The molecule has 0 unspecified atom stereocenters. The van der Waals surface area contributed by atoms with Gasteiger partial charge in [0.1, 0.15) is 5.82 Å². The van der Waals surface area contributed by atoms with Crippen molar-refractivity contribution in [2.24, 2.45) is 0 Å². The highest BCUT2D eigenvalue weighted by atomic mass is 19.1. The van der Waals surface area contributed by atoms with Gasteiger partial charge in [-0.25, -0.2) is 4.39 Å². The van der Waals surface area contributed by atoms with E-state index in [9.17, 15) is 4.39 Å². The molecule has 3 heteroatoms. The van der Waals surface area contributed by atoms with E-state index in [0.29, 0.717) is 17.1 Å². The van der Waals surface area contributed by atoms with E-state index in [0.717, 1.165) is 5.56 Å². The summed E-state index contributed by atoms with van der Waals surface area (Å²) in [5.74, 6) is 0.882. The van der Waals surface area contributed by atoms with Crippen LogP contribution in [0.3, 0.4) is 0 Å². The van der Waals surface area contributed by atoms with Crippen molar-refractivity contribution in [1.82, 2.24) is 0 Å². The molecule has 2 rings (SSSR count). The van der Waals surface area contributed by atoms with Gasteiger partial charge in [0.05, 0.1) is 14.2 Å². The lowest BCUT2D eigenvalue weighted by atomic mass is 10.1. The average molecular weight is 231 g/mol. The molecule has 0 amide bonds. The van der Waals surface area contributed by atoms with Crippen molar-refractivity contribution >= 4 is 0 Å². The van der Waals surface area contributed by atoms with Crippen LogP contribution in [-0.2, 0) is 0 Å². The van der Waals surface area contributed by atoms with Crippen LogP contribution in [0.25, 0.3) is 11.1 Å². The van der Waals surface area contributed by atoms with Gasteiger partial charge in [-0.2, -0.15) is 0 Å². The lowest BCUT2D eigenvalue weighted by Gasteiger charge is -2.09. The Labute approximate surface area is 99.6 Å². The standard InChI is InChI=1S/C14H12FO2/c1-16-13-7-6-11(9-14(13)17-2)10-4-3-5-12(15)8-10/h3-7,9H,1-2H3. The number of ether oxygens (including phenoxy) is 2. The van der Waals surface area contributed by atoms with E-state index in [1.54, 1.807) is 38.5 Å². The van der Waals surface area contributed by atoms with Gasteiger partial charge < -0.3 is 9.47 Å². The SMILES string of the molecule is COc1ccc(-c2[c]c(F)ccc2)cc1OC. The zero-order valence-corrected chi connectivity index (χ0v) is 9.66. The fourth-order valence-electron chi connectivity index (χ4n) is 1.61. The van der Waals surface area contributed by atoms with Gasteiger partial charge in [0.25, 0.3) is 0 Å². The summed E-state index contributed by atoms with van der Waals surface area (Å²) in [6.07, 6.45) is 0. The van der Waals surface area contributed by atoms with Crippen LogP contribution in [0.1, 0.15) is 0 Å². The summed E-state index contributed by atoms with van der Waals surface area (Å²) in [4.78, 5) is 0. The van der Waals surface area contributed by atoms with E-state index in [4.69, 9.17) is 9.47 Å². The minimum atomic E-state index is -0.378. The van der Waals surface area contributed by atoms with Crippen LogP contribution in [0.4, 0.5) is 4.39 Å². The van der Waals surface area contributed by atoms with E-state index in [1.165, 1.54) is 6.07 Å². The third-order valence-corrected chi connectivity index (χ3v) is 2.45. The molecule has 87 valence electrons. The highest BCUT2D eigenvalue weighted by Gasteiger charge is 2.06. The smallest absolute Gasteiger partial charge is 0.161 e. The molecule has 0 aliphatic carbocycles. The Balaban J connectivity index is 2.46. The second-order valence-electron chi connectivity index (χ2n) is 3.48. The molecule has 1 radical (unpaired) electrons. The highest BCUT2D eigenvalue weighted by Crippen LogP contribution is 2.32. The monoisotopic (exact) mass is 231 g/mol. The summed E-state index contributed by atoms with van der Waals surface area (Å²) in [7, 11) is 3.14. The largest absolute Gasteiger partial charge is 0.493 e. The third kappa shape index (κ3) is 2.38. The number of halogens is 1. The van der Waals surface area contributed by atoms with Gasteiger partial charge >= 0.3 is 0 Å². The van der Waals surface area contributed by atoms with Crippen molar-refractivity contribution in [3.8, 4) is 22.6 Å². The molecule has 2 aromatic carbocycles. The lowest BCUT2D eigenvalue weighted by molar-refractivity contribution is 0.355. The summed E-state index contributed by atoms with van der Waals surface area (Å²) in [6.45, 7) is 0. The van der Waals surface area contributed by atoms with Crippen LogP contribution in [0.2, 0.25) is 0 Å². The topological polar surface area (TPSA) is 18.5 Å². The molecule has 17 heavy (non-hydrogen) atoms. The quantitative estimate of drug-likeness (QED) is 0.806. The van der Waals surface area contributed by atoms with E-state index in [2.05, 4.69) is 6.07 Å². The maximum absolute atomic E-state index is 13.1. The number of hydrogen-bond acceptors (Lipinski definition) is 2. The zero-order valence-electron chi connectivity index (χ0n) is 9.66. The molecule has 0 heterocycles. The molecule has 2 aromatic rings. The molecule has 0 saturated carbocycles. The summed E-state index contributed by atoms with van der Waals surface area (Å²) in [6, 6.07) is 12.9. The molecule has 0 bridgehead atoms. The Morgan fingerprint density at radius 3 is 2.41 bits per heavy atom. The predicted octanol–water partition coefficient (Wildman–Crippen LogP) is 3.31. The Hall–Kier alpha value is -2.03. The van der Waals surface area contributed by atoms with Gasteiger partial charge in [0.15, 0.2) is 11.5 Å². The summed E-state index contributed by atoms with van der Waals surface area (Å²) >= 11 is 0. The van der Waals surface area contributed by atoms with Crippen LogP contribution >= 0.6 is 0 Å². The van der Waals surface area contributed by atoms with E-state index >= 15 is 0 Å². The van der Waals surface area contributed by atoms with Crippen LogP contribution in [0.5, 0.6) is 11.5 Å². The molecule has 2 nitrogen and oxygen atoms in total. The van der Waals surface area contributed by atoms with E-state index in [1.807, 2.05) is 6.07 Å². The summed E-state index contributed by atoms with van der Waals surface area (Å²) < 4.78 is 23.4. The molecule has 0 saturated heterocycles. The van der Waals surface area contributed by atoms with Gasteiger partial charge in [0.2, 0.25) is 0 Å². The Kier molecular flexibility index (Phi) is 3.28. The minimum absolute atomic E-state index is 0.378. The number of rotatable bonds is 3. The van der Waals surface area contributed by atoms with Gasteiger partial charge in [-0.15, -0.1) is 0 Å². The Morgan fingerprint density at radius 1 is 1.00 bits per heavy atom. The molecule has 0 atom stereocenters. The van der Waals surface area contributed by atoms with E-state index in [-0.39, 0.29) is 5.82 Å². The molecule has 0 spiro atoms. The van der Waals surface area contributed by atoms with Gasteiger partial charge in [0, 0.05) is 6.07 Å². The first-order valence-electron chi connectivity index (χ1n) is 5.15. The summed E-state index contributed by atoms with van der Waals surface area (Å²) in [5, 5.41) is 0. The molecule has 0 N–H and O–H groups in total. The number of benzene rings is 2. The van der Waals surface area contributed by atoms with Gasteiger partial charge in [-0.3, -0.25) is 0 Å². The minimum Gasteiger partial charge on any atom is -0.493 e. The third-order valence-electron chi connectivity index (χ3n) is 2.45. The first kappa shape index (κ1) is 11.5. The second kappa shape index (κ2) is 4.87. The van der Waals surface area contributed by atoms with Crippen LogP contribution in [0.15, 0.2) is 36.4 Å². The average Bonchev–Trinajstić information content (AvgIpc) is 2.38. The van der Waals surface area contributed by atoms with Crippen molar-refractivity contribution < 1.29 is 13.9 Å².